The molecule has 0 heterocycles. The fourth-order valence-corrected chi connectivity index (χ4v) is 2.13. The van der Waals surface area contributed by atoms with Crippen LogP contribution in [0.2, 0.25) is 0 Å². The van der Waals surface area contributed by atoms with Gasteiger partial charge in [-0.2, -0.15) is 5.26 Å². The third kappa shape index (κ3) is 3.61. The Morgan fingerprint density at radius 1 is 0.957 bits per heavy atom. The minimum atomic E-state index is -0.352. The van der Waals surface area contributed by atoms with E-state index >= 15 is 0 Å². The molecule has 2 aromatic rings. The highest BCUT2D eigenvalue weighted by Crippen LogP contribution is 2.36. The van der Waals surface area contributed by atoms with Crippen LogP contribution in [0.4, 0.5) is 4.39 Å². The van der Waals surface area contributed by atoms with Crippen molar-refractivity contribution < 1.29 is 18.6 Å². The summed E-state index contributed by atoms with van der Waals surface area (Å²) >= 11 is 0. The summed E-state index contributed by atoms with van der Waals surface area (Å²) in [5.41, 5.74) is 1.66. The minimum Gasteiger partial charge on any atom is -0.496 e. The van der Waals surface area contributed by atoms with Crippen molar-refractivity contribution in [1.82, 2.24) is 0 Å². The Labute approximate surface area is 134 Å². The van der Waals surface area contributed by atoms with E-state index < -0.39 is 0 Å². The quantitative estimate of drug-likeness (QED) is 0.620. The molecule has 0 saturated carbocycles. The van der Waals surface area contributed by atoms with Crippen molar-refractivity contribution in [2.24, 2.45) is 0 Å². The predicted molar refractivity (Wildman–Crippen MR) is 86.0 cm³/mol. The van der Waals surface area contributed by atoms with Gasteiger partial charge in [0.05, 0.1) is 33.0 Å². The van der Waals surface area contributed by atoms with Gasteiger partial charge < -0.3 is 14.2 Å². The number of nitrogens with zero attached hydrogens (tertiary/aromatic N) is 1. The molecule has 0 spiro atoms. The van der Waals surface area contributed by atoms with E-state index in [1.807, 2.05) is 0 Å². The molecule has 0 unspecified atom stereocenters. The molecule has 0 N–H and O–H groups in total. The molecule has 0 radical (unpaired) electrons. The smallest absolute Gasteiger partial charge is 0.164 e. The first-order valence-electron chi connectivity index (χ1n) is 6.80. The van der Waals surface area contributed by atoms with Gasteiger partial charge in [-0.15, -0.1) is 0 Å². The van der Waals surface area contributed by atoms with E-state index in [4.69, 9.17) is 14.2 Å². The zero-order chi connectivity index (χ0) is 16.8. The van der Waals surface area contributed by atoms with Crippen LogP contribution in [0.15, 0.2) is 36.4 Å². The first kappa shape index (κ1) is 16.4. The Bertz CT molecular complexity index is 761. The molecule has 0 bridgehead atoms. The molecular weight excluding hydrogens is 297 g/mol. The lowest BCUT2D eigenvalue weighted by molar-refractivity contribution is 0.348. The lowest BCUT2D eigenvalue weighted by atomic mass is 10.0. The molecule has 5 heteroatoms. The molecule has 0 atom stereocenters. The van der Waals surface area contributed by atoms with Crippen LogP contribution in [0.3, 0.4) is 0 Å². The van der Waals surface area contributed by atoms with Gasteiger partial charge in [0.2, 0.25) is 0 Å². The summed E-state index contributed by atoms with van der Waals surface area (Å²) in [7, 11) is 4.59. The van der Waals surface area contributed by atoms with Crippen LogP contribution in [-0.2, 0) is 0 Å². The van der Waals surface area contributed by atoms with Gasteiger partial charge in [0.25, 0.3) is 0 Å². The molecule has 2 aromatic carbocycles. The summed E-state index contributed by atoms with van der Waals surface area (Å²) in [4.78, 5) is 0. The van der Waals surface area contributed by atoms with Crippen LogP contribution in [-0.4, -0.2) is 21.3 Å². The number of ether oxygens (including phenoxy) is 3. The Morgan fingerprint density at radius 3 is 2.04 bits per heavy atom. The average molecular weight is 313 g/mol. The lowest BCUT2D eigenvalue weighted by Crippen LogP contribution is -1.95. The Balaban J connectivity index is 2.55. The molecule has 4 nitrogen and oxygen atoms in total. The fraction of sp³-hybridized carbons (Fsp3) is 0.167. The molecule has 0 aliphatic carbocycles. The molecule has 0 aliphatic rings. The second kappa shape index (κ2) is 7.32. The molecule has 0 amide bonds. The van der Waals surface area contributed by atoms with Crippen LogP contribution in [0, 0.1) is 17.1 Å². The Kier molecular flexibility index (Phi) is 5.21. The van der Waals surface area contributed by atoms with Crippen molar-refractivity contribution >= 4 is 11.6 Å². The maximum Gasteiger partial charge on any atom is 0.164 e. The van der Waals surface area contributed by atoms with E-state index in [0.29, 0.717) is 33.9 Å². The molecule has 0 aliphatic heterocycles. The summed E-state index contributed by atoms with van der Waals surface area (Å²) in [5.74, 6) is 1.24. The van der Waals surface area contributed by atoms with E-state index in [0.717, 1.165) is 0 Å². The van der Waals surface area contributed by atoms with E-state index in [9.17, 15) is 9.65 Å². The van der Waals surface area contributed by atoms with Crippen molar-refractivity contribution in [2.45, 2.75) is 0 Å². The zero-order valence-electron chi connectivity index (χ0n) is 13.1. The van der Waals surface area contributed by atoms with Crippen LogP contribution < -0.4 is 14.2 Å². The zero-order valence-corrected chi connectivity index (χ0v) is 13.1. The summed E-state index contributed by atoms with van der Waals surface area (Å²) < 4.78 is 28.9. The normalized spacial score (nSPS) is 10.8. The first-order chi connectivity index (χ1) is 11.1. The number of rotatable bonds is 5. The highest BCUT2D eigenvalue weighted by atomic mass is 19.1. The summed E-state index contributed by atoms with van der Waals surface area (Å²) in [6.45, 7) is 0. The molecule has 2 rings (SSSR count). The van der Waals surface area contributed by atoms with Crippen molar-refractivity contribution in [2.75, 3.05) is 21.3 Å². The van der Waals surface area contributed by atoms with Gasteiger partial charge in [-0.3, -0.25) is 0 Å². The summed E-state index contributed by atoms with van der Waals surface area (Å²) in [6, 6.07) is 11.3. The maximum absolute atomic E-state index is 13.0. The number of hydrogen-bond acceptors (Lipinski definition) is 4. The SMILES string of the molecule is COc1cc(OC)c(OC)cc1/C=C(\C#N)c1ccc(F)cc1. The second-order valence-corrected chi connectivity index (χ2v) is 4.63. The van der Waals surface area contributed by atoms with Gasteiger partial charge in [-0.1, -0.05) is 12.1 Å². The van der Waals surface area contributed by atoms with Crippen LogP contribution >= 0.6 is 0 Å². The molecular formula is C18H16FNO3. The number of allylic oxidation sites excluding steroid dienone is 1. The van der Waals surface area contributed by atoms with Crippen LogP contribution in [0.25, 0.3) is 11.6 Å². The fourth-order valence-electron chi connectivity index (χ4n) is 2.13. The van der Waals surface area contributed by atoms with Gasteiger partial charge in [0.15, 0.2) is 11.5 Å². The van der Waals surface area contributed by atoms with Gasteiger partial charge in [0.1, 0.15) is 11.6 Å². The molecule has 0 aromatic heterocycles. The van der Waals surface area contributed by atoms with Gasteiger partial charge in [-0.05, 0) is 29.8 Å². The van der Waals surface area contributed by atoms with Gasteiger partial charge in [0, 0.05) is 11.6 Å². The third-order valence-corrected chi connectivity index (χ3v) is 3.31. The third-order valence-electron chi connectivity index (χ3n) is 3.31. The minimum absolute atomic E-state index is 0.352. The number of hydrogen-bond donors (Lipinski definition) is 0. The lowest BCUT2D eigenvalue weighted by Gasteiger charge is -2.12. The van der Waals surface area contributed by atoms with Gasteiger partial charge in [-0.25, -0.2) is 4.39 Å². The van der Waals surface area contributed by atoms with E-state index in [1.54, 1.807) is 30.3 Å². The molecule has 23 heavy (non-hydrogen) atoms. The Morgan fingerprint density at radius 2 is 1.52 bits per heavy atom. The highest BCUT2D eigenvalue weighted by Gasteiger charge is 2.12. The van der Waals surface area contributed by atoms with E-state index in [2.05, 4.69) is 6.07 Å². The highest BCUT2D eigenvalue weighted by molar-refractivity contribution is 5.91. The number of methoxy groups -OCH3 is 3. The van der Waals surface area contributed by atoms with Crippen molar-refractivity contribution in [3.63, 3.8) is 0 Å². The standard InChI is InChI=1S/C18H16FNO3/c1-21-16-10-18(23-3)17(22-2)9-13(16)8-14(11-20)12-4-6-15(19)7-5-12/h4-10H,1-3H3/b14-8+. The average Bonchev–Trinajstić information content (AvgIpc) is 2.59. The first-order valence-corrected chi connectivity index (χ1v) is 6.80. The molecule has 0 fully saturated rings. The summed E-state index contributed by atoms with van der Waals surface area (Å²) in [6.07, 6.45) is 1.66. The topological polar surface area (TPSA) is 51.5 Å². The van der Waals surface area contributed by atoms with E-state index in [1.165, 1.54) is 33.5 Å². The molecule has 118 valence electrons. The summed E-state index contributed by atoms with van der Waals surface area (Å²) in [5, 5.41) is 9.39. The van der Waals surface area contributed by atoms with E-state index in [-0.39, 0.29) is 5.82 Å². The van der Waals surface area contributed by atoms with Gasteiger partial charge >= 0.3 is 0 Å². The van der Waals surface area contributed by atoms with Crippen molar-refractivity contribution in [1.29, 1.82) is 5.26 Å². The van der Waals surface area contributed by atoms with Crippen LogP contribution in [0.5, 0.6) is 17.2 Å². The maximum atomic E-state index is 13.0. The Hall–Kier alpha value is -3.00. The number of nitriles is 1. The van der Waals surface area contributed by atoms with Crippen molar-refractivity contribution in [3.8, 4) is 23.3 Å². The number of benzene rings is 2. The largest absolute Gasteiger partial charge is 0.496 e. The molecule has 0 saturated heterocycles. The van der Waals surface area contributed by atoms with Crippen molar-refractivity contribution in [3.05, 3.63) is 53.3 Å². The predicted octanol–water partition coefficient (Wildman–Crippen LogP) is 3.92. The number of halogens is 1. The van der Waals surface area contributed by atoms with Crippen LogP contribution in [0.1, 0.15) is 11.1 Å². The monoisotopic (exact) mass is 313 g/mol. The second-order valence-electron chi connectivity index (χ2n) is 4.63.